The Morgan fingerprint density at radius 3 is 2.24 bits per heavy atom. The van der Waals surface area contributed by atoms with Crippen LogP contribution < -0.4 is 0 Å². The third kappa shape index (κ3) is 3.12. The van der Waals surface area contributed by atoms with E-state index in [1.807, 2.05) is 16.8 Å². The first-order valence-electron chi connectivity index (χ1n) is 6.89. The van der Waals surface area contributed by atoms with Crippen LogP contribution in [-0.2, 0) is 0 Å². The van der Waals surface area contributed by atoms with E-state index < -0.39 is 0 Å². The number of nitrogens with zero attached hydrogens (tertiary/aromatic N) is 3. The highest BCUT2D eigenvalue weighted by Gasteiger charge is 2.27. The van der Waals surface area contributed by atoms with Crippen LogP contribution in [0.2, 0.25) is 0 Å². The zero-order valence-corrected chi connectivity index (χ0v) is 11.2. The van der Waals surface area contributed by atoms with Gasteiger partial charge in [-0.3, -0.25) is 0 Å². The van der Waals surface area contributed by atoms with Gasteiger partial charge in [-0.1, -0.05) is 19.3 Å². The summed E-state index contributed by atoms with van der Waals surface area (Å²) in [6, 6.07) is 0.723. The number of urea groups is 1. The van der Waals surface area contributed by atoms with Crippen LogP contribution >= 0.6 is 0 Å². The Morgan fingerprint density at radius 2 is 1.65 bits per heavy atom. The first-order valence-corrected chi connectivity index (χ1v) is 6.89. The third-order valence-corrected chi connectivity index (χ3v) is 4.20. The lowest BCUT2D eigenvalue weighted by Crippen LogP contribution is -2.53. The van der Waals surface area contributed by atoms with Crippen LogP contribution in [0.3, 0.4) is 0 Å². The van der Waals surface area contributed by atoms with E-state index in [0.717, 1.165) is 26.2 Å². The molecule has 1 aliphatic carbocycles. The maximum Gasteiger partial charge on any atom is 0.320 e. The maximum absolute atomic E-state index is 12.3. The second kappa shape index (κ2) is 5.71. The average molecular weight is 239 g/mol. The summed E-state index contributed by atoms with van der Waals surface area (Å²) in [6.07, 6.45) is 6.29. The molecule has 17 heavy (non-hydrogen) atoms. The summed E-state index contributed by atoms with van der Waals surface area (Å²) >= 11 is 0. The molecule has 2 fully saturated rings. The third-order valence-electron chi connectivity index (χ3n) is 4.20. The van der Waals surface area contributed by atoms with E-state index in [1.165, 1.54) is 32.1 Å². The van der Waals surface area contributed by atoms with Crippen LogP contribution in [0.25, 0.3) is 0 Å². The van der Waals surface area contributed by atoms with Crippen molar-refractivity contribution in [3.63, 3.8) is 0 Å². The van der Waals surface area contributed by atoms with Gasteiger partial charge in [0.05, 0.1) is 0 Å². The number of piperazine rings is 1. The number of amides is 2. The van der Waals surface area contributed by atoms with Crippen molar-refractivity contribution in [3.05, 3.63) is 0 Å². The fourth-order valence-electron chi connectivity index (χ4n) is 2.85. The van der Waals surface area contributed by atoms with Crippen molar-refractivity contribution in [2.75, 3.05) is 40.3 Å². The summed E-state index contributed by atoms with van der Waals surface area (Å²) in [7, 11) is 4.10. The molecule has 0 aromatic rings. The molecule has 2 rings (SSSR count). The fraction of sp³-hybridized carbons (Fsp3) is 0.923. The molecule has 1 heterocycles. The van der Waals surface area contributed by atoms with E-state index >= 15 is 0 Å². The number of carbonyl (C=O) groups excluding carboxylic acids is 1. The van der Waals surface area contributed by atoms with Crippen LogP contribution in [0.5, 0.6) is 0 Å². The fourth-order valence-corrected chi connectivity index (χ4v) is 2.85. The molecule has 0 unspecified atom stereocenters. The molecule has 0 bridgehead atoms. The van der Waals surface area contributed by atoms with Gasteiger partial charge in [0.2, 0.25) is 0 Å². The Morgan fingerprint density at radius 1 is 1.06 bits per heavy atom. The Kier molecular flexibility index (Phi) is 4.26. The Bertz CT molecular complexity index is 255. The van der Waals surface area contributed by atoms with Crippen molar-refractivity contribution in [1.82, 2.24) is 14.7 Å². The Labute approximate surface area is 105 Å². The van der Waals surface area contributed by atoms with Crippen molar-refractivity contribution < 1.29 is 4.79 Å². The molecule has 0 aromatic heterocycles. The highest BCUT2D eigenvalue weighted by Crippen LogP contribution is 2.22. The standard InChI is InChI=1S/C13H25N3O/c1-14-8-10-16(11-9-14)13(17)15(2)12-6-4-3-5-7-12/h12H,3-11H2,1-2H3. The molecule has 2 amide bonds. The summed E-state index contributed by atoms with van der Waals surface area (Å²) in [5.74, 6) is 0. The van der Waals surface area contributed by atoms with E-state index in [1.54, 1.807) is 0 Å². The van der Waals surface area contributed by atoms with Gasteiger partial charge in [0, 0.05) is 39.3 Å². The number of hydrogen-bond acceptors (Lipinski definition) is 2. The SMILES string of the molecule is CN1CCN(C(=O)N(C)C2CCCCC2)CC1. The molecule has 0 aromatic carbocycles. The smallest absolute Gasteiger partial charge is 0.320 e. The molecule has 4 nitrogen and oxygen atoms in total. The van der Waals surface area contributed by atoms with Gasteiger partial charge in [0.1, 0.15) is 0 Å². The zero-order chi connectivity index (χ0) is 12.3. The summed E-state index contributed by atoms with van der Waals surface area (Å²) in [4.78, 5) is 18.6. The molecule has 0 N–H and O–H groups in total. The van der Waals surface area contributed by atoms with Gasteiger partial charge in [-0.25, -0.2) is 4.79 Å². The highest BCUT2D eigenvalue weighted by atomic mass is 16.2. The van der Waals surface area contributed by atoms with E-state index in [-0.39, 0.29) is 6.03 Å². The van der Waals surface area contributed by atoms with E-state index in [9.17, 15) is 4.79 Å². The first-order chi connectivity index (χ1) is 8.18. The monoisotopic (exact) mass is 239 g/mol. The van der Waals surface area contributed by atoms with Crippen LogP contribution in [0.1, 0.15) is 32.1 Å². The molecule has 0 radical (unpaired) electrons. The van der Waals surface area contributed by atoms with Crippen molar-refractivity contribution in [1.29, 1.82) is 0 Å². The number of rotatable bonds is 1. The van der Waals surface area contributed by atoms with Crippen molar-refractivity contribution in [2.45, 2.75) is 38.1 Å². The topological polar surface area (TPSA) is 26.8 Å². The van der Waals surface area contributed by atoms with Gasteiger partial charge >= 0.3 is 6.03 Å². The minimum absolute atomic E-state index is 0.241. The van der Waals surface area contributed by atoms with E-state index in [4.69, 9.17) is 0 Å². The van der Waals surface area contributed by atoms with Gasteiger partial charge in [-0.05, 0) is 19.9 Å². The van der Waals surface area contributed by atoms with Crippen LogP contribution in [-0.4, -0.2) is 67.0 Å². The van der Waals surface area contributed by atoms with Crippen LogP contribution in [0.4, 0.5) is 4.79 Å². The minimum Gasteiger partial charge on any atom is -0.325 e. The first kappa shape index (κ1) is 12.7. The summed E-state index contributed by atoms with van der Waals surface area (Å²) < 4.78 is 0. The van der Waals surface area contributed by atoms with Gasteiger partial charge in [-0.2, -0.15) is 0 Å². The molecule has 0 spiro atoms. The lowest BCUT2D eigenvalue weighted by Gasteiger charge is -2.38. The summed E-state index contributed by atoms with van der Waals surface area (Å²) in [5.41, 5.74) is 0. The Hall–Kier alpha value is -0.770. The van der Waals surface area contributed by atoms with Crippen LogP contribution in [0, 0.1) is 0 Å². The molecule has 4 heteroatoms. The van der Waals surface area contributed by atoms with E-state index in [0.29, 0.717) is 6.04 Å². The number of carbonyl (C=O) groups is 1. The predicted molar refractivity (Wildman–Crippen MR) is 69.1 cm³/mol. The van der Waals surface area contributed by atoms with Crippen molar-refractivity contribution in [2.24, 2.45) is 0 Å². The lowest BCUT2D eigenvalue weighted by molar-refractivity contribution is 0.110. The molecule has 1 saturated carbocycles. The molecule has 1 aliphatic heterocycles. The zero-order valence-electron chi connectivity index (χ0n) is 11.2. The second-order valence-electron chi connectivity index (χ2n) is 5.48. The van der Waals surface area contributed by atoms with Gasteiger partial charge in [-0.15, -0.1) is 0 Å². The average Bonchev–Trinajstić information content (AvgIpc) is 2.39. The van der Waals surface area contributed by atoms with Gasteiger partial charge in [0.25, 0.3) is 0 Å². The number of likely N-dealkylation sites (N-methyl/N-ethyl adjacent to an activating group) is 1. The Balaban J connectivity index is 1.85. The molecule has 1 saturated heterocycles. The highest BCUT2D eigenvalue weighted by molar-refractivity contribution is 5.74. The number of hydrogen-bond donors (Lipinski definition) is 0. The normalized spacial score (nSPS) is 23.8. The summed E-state index contributed by atoms with van der Waals surface area (Å²) in [5, 5.41) is 0. The molecule has 2 aliphatic rings. The van der Waals surface area contributed by atoms with Crippen LogP contribution in [0.15, 0.2) is 0 Å². The van der Waals surface area contributed by atoms with Crippen molar-refractivity contribution >= 4 is 6.03 Å². The minimum atomic E-state index is 0.241. The van der Waals surface area contributed by atoms with E-state index in [2.05, 4.69) is 11.9 Å². The molecular weight excluding hydrogens is 214 g/mol. The second-order valence-corrected chi connectivity index (χ2v) is 5.48. The van der Waals surface area contributed by atoms with Gasteiger partial charge < -0.3 is 14.7 Å². The largest absolute Gasteiger partial charge is 0.325 e. The maximum atomic E-state index is 12.3. The summed E-state index contributed by atoms with van der Waals surface area (Å²) in [6.45, 7) is 3.77. The molecule has 98 valence electrons. The molecule has 0 atom stereocenters. The van der Waals surface area contributed by atoms with Gasteiger partial charge in [0.15, 0.2) is 0 Å². The van der Waals surface area contributed by atoms with Crippen molar-refractivity contribution in [3.8, 4) is 0 Å². The molecular formula is C13H25N3O. The quantitative estimate of drug-likeness (QED) is 0.695. The lowest BCUT2D eigenvalue weighted by atomic mass is 9.95. The predicted octanol–water partition coefficient (Wildman–Crippen LogP) is 1.62.